The summed E-state index contributed by atoms with van der Waals surface area (Å²) in [6, 6.07) is 2.20. The van der Waals surface area contributed by atoms with Crippen molar-refractivity contribution in [3.05, 3.63) is 23.3 Å². The van der Waals surface area contributed by atoms with E-state index < -0.39 is 17.5 Å². The van der Waals surface area contributed by atoms with Crippen molar-refractivity contribution in [1.82, 2.24) is 0 Å². The third-order valence-electron chi connectivity index (χ3n) is 2.28. The number of aryl methyl sites for hydroxylation is 1. The number of rotatable bonds is 4. The molecule has 0 amide bonds. The van der Waals surface area contributed by atoms with Gasteiger partial charge in [0.05, 0.1) is 7.11 Å². The number of hydrogen-bond acceptors (Lipinski definition) is 3. The predicted molar refractivity (Wildman–Crippen MR) is 55.1 cm³/mol. The molecule has 0 aliphatic heterocycles. The molecule has 0 atom stereocenters. The summed E-state index contributed by atoms with van der Waals surface area (Å²) in [7, 11) is 1.19. The summed E-state index contributed by atoms with van der Waals surface area (Å²) < 4.78 is 42.5. The molecule has 0 radical (unpaired) electrons. The van der Waals surface area contributed by atoms with Crippen LogP contribution in [0.4, 0.5) is 13.2 Å². The van der Waals surface area contributed by atoms with Crippen molar-refractivity contribution in [1.29, 1.82) is 0 Å². The fourth-order valence-electron chi connectivity index (χ4n) is 1.46. The SMILES string of the molecule is COc1cc(CCCO)cc(C(F)(F)F)c1O. The molecule has 0 bridgehead atoms. The van der Waals surface area contributed by atoms with E-state index in [-0.39, 0.29) is 18.8 Å². The number of halogens is 3. The highest BCUT2D eigenvalue weighted by Crippen LogP contribution is 2.41. The molecular formula is C11H13F3O3. The van der Waals surface area contributed by atoms with E-state index in [1.54, 1.807) is 0 Å². The van der Waals surface area contributed by atoms with E-state index in [4.69, 9.17) is 5.11 Å². The minimum atomic E-state index is -4.63. The quantitative estimate of drug-likeness (QED) is 0.862. The van der Waals surface area contributed by atoms with Gasteiger partial charge in [0.2, 0.25) is 0 Å². The van der Waals surface area contributed by atoms with Crippen molar-refractivity contribution < 1.29 is 28.1 Å². The van der Waals surface area contributed by atoms with Gasteiger partial charge in [0.1, 0.15) is 5.56 Å². The number of aromatic hydroxyl groups is 1. The fraction of sp³-hybridized carbons (Fsp3) is 0.455. The lowest BCUT2D eigenvalue weighted by molar-refractivity contribution is -0.138. The second-order valence-electron chi connectivity index (χ2n) is 3.52. The van der Waals surface area contributed by atoms with Gasteiger partial charge in [-0.25, -0.2) is 0 Å². The number of aliphatic hydroxyl groups is 1. The first-order chi connectivity index (χ1) is 7.90. The van der Waals surface area contributed by atoms with Gasteiger partial charge in [-0.3, -0.25) is 0 Å². The molecule has 3 nitrogen and oxygen atoms in total. The Morgan fingerprint density at radius 1 is 1.29 bits per heavy atom. The first kappa shape index (κ1) is 13.6. The van der Waals surface area contributed by atoms with Gasteiger partial charge >= 0.3 is 6.18 Å². The van der Waals surface area contributed by atoms with Crippen molar-refractivity contribution in [2.45, 2.75) is 19.0 Å². The normalized spacial score (nSPS) is 11.6. The molecule has 17 heavy (non-hydrogen) atoms. The molecule has 1 rings (SSSR count). The number of benzene rings is 1. The summed E-state index contributed by atoms with van der Waals surface area (Å²) in [6.07, 6.45) is -3.99. The Balaban J connectivity index is 3.19. The number of ether oxygens (including phenoxy) is 1. The average molecular weight is 250 g/mol. The smallest absolute Gasteiger partial charge is 0.420 e. The van der Waals surface area contributed by atoms with Crippen LogP contribution >= 0.6 is 0 Å². The van der Waals surface area contributed by atoms with Gasteiger partial charge in [-0.1, -0.05) is 0 Å². The van der Waals surface area contributed by atoms with E-state index in [1.165, 1.54) is 13.2 Å². The molecule has 0 saturated carbocycles. The lowest BCUT2D eigenvalue weighted by atomic mass is 10.0. The number of phenols is 1. The summed E-state index contributed by atoms with van der Waals surface area (Å²) >= 11 is 0. The summed E-state index contributed by atoms with van der Waals surface area (Å²) in [6.45, 7) is -0.107. The third-order valence-corrected chi connectivity index (χ3v) is 2.28. The van der Waals surface area contributed by atoms with Crippen LogP contribution in [0.3, 0.4) is 0 Å². The van der Waals surface area contributed by atoms with E-state index in [1.807, 2.05) is 0 Å². The molecular weight excluding hydrogens is 237 g/mol. The highest BCUT2D eigenvalue weighted by atomic mass is 19.4. The van der Waals surface area contributed by atoms with Crippen molar-refractivity contribution in [3.63, 3.8) is 0 Å². The van der Waals surface area contributed by atoms with E-state index in [0.29, 0.717) is 12.0 Å². The zero-order valence-corrected chi connectivity index (χ0v) is 9.21. The fourth-order valence-corrected chi connectivity index (χ4v) is 1.46. The van der Waals surface area contributed by atoms with Crippen LogP contribution < -0.4 is 4.74 Å². The van der Waals surface area contributed by atoms with Gasteiger partial charge in [0.25, 0.3) is 0 Å². The Morgan fingerprint density at radius 2 is 1.94 bits per heavy atom. The Bertz CT molecular complexity index is 388. The summed E-state index contributed by atoms with van der Waals surface area (Å²) in [5, 5.41) is 18.0. The second-order valence-corrected chi connectivity index (χ2v) is 3.52. The molecule has 1 aromatic carbocycles. The molecule has 0 fully saturated rings. The standard InChI is InChI=1S/C11H13F3O3/c1-17-9-6-7(3-2-4-15)5-8(10(9)16)11(12,13)14/h5-6,15-16H,2-4H2,1H3. The number of hydrogen-bond donors (Lipinski definition) is 2. The summed E-state index contributed by atoms with van der Waals surface area (Å²) in [4.78, 5) is 0. The van der Waals surface area contributed by atoms with Crippen LogP contribution in [0.5, 0.6) is 11.5 Å². The van der Waals surface area contributed by atoms with Crippen molar-refractivity contribution in [3.8, 4) is 11.5 Å². The number of phenolic OH excluding ortho intramolecular Hbond substituents is 1. The molecule has 0 heterocycles. The topological polar surface area (TPSA) is 49.7 Å². The van der Waals surface area contributed by atoms with Crippen LogP contribution in [-0.4, -0.2) is 23.9 Å². The minimum Gasteiger partial charge on any atom is -0.504 e. The molecule has 0 aromatic heterocycles. The minimum absolute atomic E-state index is 0.107. The van der Waals surface area contributed by atoms with Crippen molar-refractivity contribution in [2.24, 2.45) is 0 Å². The maximum absolute atomic E-state index is 12.6. The third kappa shape index (κ3) is 3.26. The van der Waals surface area contributed by atoms with Gasteiger partial charge in [0, 0.05) is 6.61 Å². The molecule has 6 heteroatoms. The van der Waals surface area contributed by atoms with E-state index in [0.717, 1.165) is 6.07 Å². The Morgan fingerprint density at radius 3 is 2.41 bits per heavy atom. The Labute approximate surface area is 96.5 Å². The summed E-state index contributed by atoms with van der Waals surface area (Å²) in [5.41, 5.74) is -0.759. The van der Waals surface area contributed by atoms with Gasteiger partial charge in [-0.2, -0.15) is 13.2 Å². The average Bonchev–Trinajstić information content (AvgIpc) is 2.26. The van der Waals surface area contributed by atoms with Crippen LogP contribution in [0.1, 0.15) is 17.5 Å². The lowest BCUT2D eigenvalue weighted by Crippen LogP contribution is -2.07. The first-order valence-electron chi connectivity index (χ1n) is 4.98. The maximum atomic E-state index is 12.6. The number of alkyl halides is 3. The molecule has 0 spiro atoms. The molecule has 2 N–H and O–H groups in total. The molecule has 0 unspecified atom stereocenters. The molecule has 96 valence electrons. The van der Waals surface area contributed by atoms with E-state index in [2.05, 4.69) is 4.74 Å². The maximum Gasteiger partial charge on any atom is 0.420 e. The highest BCUT2D eigenvalue weighted by molar-refractivity contribution is 5.49. The zero-order valence-electron chi connectivity index (χ0n) is 9.21. The van der Waals surface area contributed by atoms with Gasteiger partial charge in [-0.05, 0) is 30.5 Å². The Hall–Kier alpha value is -1.43. The van der Waals surface area contributed by atoms with E-state index in [9.17, 15) is 18.3 Å². The molecule has 0 aliphatic rings. The van der Waals surface area contributed by atoms with Crippen molar-refractivity contribution in [2.75, 3.05) is 13.7 Å². The van der Waals surface area contributed by atoms with Crippen LogP contribution in [0.2, 0.25) is 0 Å². The largest absolute Gasteiger partial charge is 0.504 e. The highest BCUT2D eigenvalue weighted by Gasteiger charge is 2.35. The van der Waals surface area contributed by atoms with Crippen LogP contribution in [0.15, 0.2) is 12.1 Å². The van der Waals surface area contributed by atoms with Gasteiger partial charge in [0.15, 0.2) is 11.5 Å². The Kier molecular flexibility index (Phi) is 4.22. The molecule has 0 aliphatic carbocycles. The van der Waals surface area contributed by atoms with Crippen LogP contribution in [-0.2, 0) is 12.6 Å². The number of aliphatic hydroxyl groups excluding tert-OH is 1. The van der Waals surface area contributed by atoms with Crippen LogP contribution in [0, 0.1) is 0 Å². The second kappa shape index (κ2) is 5.27. The first-order valence-corrected chi connectivity index (χ1v) is 4.98. The van der Waals surface area contributed by atoms with Crippen LogP contribution in [0.25, 0.3) is 0 Å². The lowest BCUT2D eigenvalue weighted by Gasteiger charge is -2.14. The van der Waals surface area contributed by atoms with Gasteiger partial charge in [-0.15, -0.1) is 0 Å². The van der Waals surface area contributed by atoms with Crippen molar-refractivity contribution >= 4 is 0 Å². The zero-order chi connectivity index (χ0) is 13.1. The molecule has 0 saturated heterocycles. The van der Waals surface area contributed by atoms with Gasteiger partial charge < -0.3 is 14.9 Å². The monoisotopic (exact) mass is 250 g/mol. The summed E-state index contributed by atoms with van der Waals surface area (Å²) in [5.74, 6) is -1.12. The predicted octanol–water partition coefficient (Wildman–Crippen LogP) is 2.34. The number of methoxy groups -OCH3 is 1. The molecule has 1 aromatic rings. The van der Waals surface area contributed by atoms with E-state index >= 15 is 0 Å².